The van der Waals surface area contributed by atoms with Crippen LogP contribution in [0.4, 0.5) is 5.69 Å². The first kappa shape index (κ1) is 22.7. The maximum Gasteiger partial charge on any atom is 0.279 e. The number of para-hydroxylation sites is 1. The number of hydrogen-bond donors (Lipinski definition) is 4. The molecule has 1 aromatic carbocycles. The summed E-state index contributed by atoms with van der Waals surface area (Å²) in [6.07, 6.45) is 2.16. The number of carbonyl (C=O) groups is 2. The summed E-state index contributed by atoms with van der Waals surface area (Å²) in [6, 6.07) is 7.49. The number of piperazine rings is 1. The molecule has 0 radical (unpaired) electrons. The van der Waals surface area contributed by atoms with Crippen molar-refractivity contribution in [2.75, 3.05) is 44.6 Å². The highest BCUT2D eigenvalue weighted by molar-refractivity contribution is 6.33. The third kappa shape index (κ3) is 8.17. The lowest BCUT2D eigenvalue weighted by Gasteiger charge is -2.29. The SMILES string of the molecule is CC(C)CC[C@@H](C)NC(=O)C[NH+]1CC[NH+](CC(=O)Nc2ccccc2Cl)CC1. The Morgan fingerprint density at radius 1 is 0.964 bits per heavy atom. The monoisotopic (exact) mass is 410 g/mol. The minimum absolute atomic E-state index is 0.0247. The van der Waals surface area contributed by atoms with Gasteiger partial charge in [0.2, 0.25) is 0 Å². The van der Waals surface area contributed by atoms with Gasteiger partial charge in [0, 0.05) is 6.04 Å². The molecule has 0 spiro atoms. The molecular weight excluding hydrogens is 376 g/mol. The van der Waals surface area contributed by atoms with Gasteiger partial charge >= 0.3 is 0 Å². The molecule has 156 valence electrons. The smallest absolute Gasteiger partial charge is 0.279 e. The first-order chi connectivity index (χ1) is 13.3. The van der Waals surface area contributed by atoms with E-state index in [1.54, 1.807) is 12.1 Å². The molecule has 0 aromatic heterocycles. The lowest BCUT2D eigenvalue weighted by molar-refractivity contribution is -1.00. The fraction of sp³-hybridized carbons (Fsp3) is 0.619. The largest absolute Gasteiger partial charge is 0.349 e. The highest BCUT2D eigenvalue weighted by Crippen LogP contribution is 2.19. The summed E-state index contributed by atoms with van der Waals surface area (Å²) in [5, 5.41) is 6.54. The molecule has 2 amide bonds. The molecule has 6 nitrogen and oxygen atoms in total. The number of quaternary nitrogens is 2. The van der Waals surface area contributed by atoms with Crippen LogP contribution in [0.1, 0.15) is 33.6 Å². The van der Waals surface area contributed by atoms with Crippen molar-refractivity contribution in [2.45, 2.75) is 39.7 Å². The minimum Gasteiger partial charge on any atom is -0.349 e. The molecule has 0 aliphatic carbocycles. The summed E-state index contributed by atoms with van der Waals surface area (Å²) in [6.45, 7) is 11.0. The van der Waals surface area contributed by atoms with Crippen LogP contribution in [0, 0.1) is 5.92 Å². The van der Waals surface area contributed by atoms with Crippen molar-refractivity contribution in [2.24, 2.45) is 5.92 Å². The third-order valence-corrected chi connectivity index (χ3v) is 5.55. The van der Waals surface area contributed by atoms with Crippen molar-refractivity contribution in [1.29, 1.82) is 0 Å². The van der Waals surface area contributed by atoms with E-state index in [4.69, 9.17) is 11.6 Å². The van der Waals surface area contributed by atoms with Crippen molar-refractivity contribution in [1.82, 2.24) is 5.32 Å². The molecule has 1 aliphatic heterocycles. The summed E-state index contributed by atoms with van der Waals surface area (Å²) in [4.78, 5) is 27.1. The molecule has 1 heterocycles. The Kier molecular flexibility index (Phi) is 9.22. The molecule has 2 rings (SSSR count). The maximum absolute atomic E-state index is 12.3. The van der Waals surface area contributed by atoms with Crippen LogP contribution in [0.2, 0.25) is 5.02 Å². The number of carbonyl (C=O) groups excluding carboxylic acids is 2. The zero-order valence-electron chi connectivity index (χ0n) is 17.3. The molecule has 1 aliphatic rings. The molecule has 7 heteroatoms. The molecule has 1 atom stereocenters. The molecular formula is C21H35ClN4O2+2. The Labute approximate surface area is 173 Å². The van der Waals surface area contributed by atoms with Crippen LogP contribution in [0.15, 0.2) is 24.3 Å². The van der Waals surface area contributed by atoms with E-state index in [2.05, 4.69) is 31.4 Å². The number of benzene rings is 1. The van der Waals surface area contributed by atoms with Crippen LogP contribution in [-0.2, 0) is 9.59 Å². The van der Waals surface area contributed by atoms with Gasteiger partial charge in [-0.1, -0.05) is 37.6 Å². The predicted octanol–water partition coefficient (Wildman–Crippen LogP) is 0.00280. The molecule has 0 bridgehead atoms. The standard InChI is InChI=1S/C21H33ClN4O2/c1-16(2)8-9-17(3)23-20(27)14-25-10-12-26(13-11-25)15-21(28)24-19-7-5-4-6-18(19)22/h4-7,16-17H,8-15H2,1-3H3,(H,23,27)(H,24,28)/p+2/t17-/m1/s1. The molecule has 1 saturated heterocycles. The number of amides is 2. The maximum atomic E-state index is 12.3. The van der Waals surface area contributed by atoms with E-state index < -0.39 is 0 Å². The molecule has 1 fully saturated rings. The number of nitrogens with one attached hydrogen (secondary N) is 4. The Balaban J connectivity index is 1.66. The average molecular weight is 411 g/mol. The third-order valence-electron chi connectivity index (χ3n) is 5.22. The number of rotatable bonds is 9. The Morgan fingerprint density at radius 3 is 2.11 bits per heavy atom. The molecule has 0 unspecified atom stereocenters. The topological polar surface area (TPSA) is 67.1 Å². The van der Waals surface area contributed by atoms with E-state index in [9.17, 15) is 9.59 Å². The lowest BCUT2D eigenvalue weighted by Crippen LogP contribution is -3.28. The van der Waals surface area contributed by atoms with Crippen LogP contribution in [-0.4, -0.2) is 57.1 Å². The summed E-state index contributed by atoms with van der Waals surface area (Å²) in [5.41, 5.74) is 0.654. The average Bonchev–Trinajstić information content (AvgIpc) is 2.63. The Hall–Kier alpha value is -1.63. The Bertz CT molecular complexity index is 645. The van der Waals surface area contributed by atoms with E-state index >= 15 is 0 Å². The van der Waals surface area contributed by atoms with Crippen LogP contribution >= 0.6 is 11.6 Å². The van der Waals surface area contributed by atoms with E-state index in [0.29, 0.717) is 29.7 Å². The first-order valence-electron chi connectivity index (χ1n) is 10.3. The molecule has 28 heavy (non-hydrogen) atoms. The van der Waals surface area contributed by atoms with E-state index in [1.807, 2.05) is 12.1 Å². The quantitative estimate of drug-likeness (QED) is 0.463. The summed E-state index contributed by atoms with van der Waals surface area (Å²) in [7, 11) is 0. The van der Waals surface area contributed by atoms with Crippen molar-refractivity contribution in [3.8, 4) is 0 Å². The van der Waals surface area contributed by atoms with Gasteiger partial charge in [-0.3, -0.25) is 9.59 Å². The van der Waals surface area contributed by atoms with Crippen LogP contribution in [0.3, 0.4) is 0 Å². The normalized spacial score (nSPS) is 20.6. The van der Waals surface area contributed by atoms with Gasteiger partial charge in [0.1, 0.15) is 26.2 Å². The summed E-state index contributed by atoms with van der Waals surface area (Å²) < 4.78 is 0. The first-order valence-corrected chi connectivity index (χ1v) is 10.7. The summed E-state index contributed by atoms with van der Waals surface area (Å²) >= 11 is 6.09. The second-order valence-electron chi connectivity index (χ2n) is 8.32. The van der Waals surface area contributed by atoms with E-state index in [-0.39, 0.29) is 17.9 Å². The van der Waals surface area contributed by atoms with Gasteiger partial charge in [0.15, 0.2) is 13.1 Å². The van der Waals surface area contributed by atoms with Crippen LogP contribution < -0.4 is 20.4 Å². The van der Waals surface area contributed by atoms with Crippen molar-refractivity contribution < 1.29 is 19.4 Å². The fourth-order valence-corrected chi connectivity index (χ4v) is 3.69. The number of anilines is 1. The minimum atomic E-state index is -0.0247. The van der Waals surface area contributed by atoms with Gasteiger partial charge in [-0.15, -0.1) is 0 Å². The zero-order chi connectivity index (χ0) is 20.5. The van der Waals surface area contributed by atoms with Crippen molar-refractivity contribution in [3.05, 3.63) is 29.3 Å². The fourth-order valence-electron chi connectivity index (χ4n) is 3.50. The van der Waals surface area contributed by atoms with Crippen molar-refractivity contribution in [3.63, 3.8) is 0 Å². The molecule has 4 N–H and O–H groups in total. The van der Waals surface area contributed by atoms with Gasteiger partial charge < -0.3 is 20.4 Å². The van der Waals surface area contributed by atoms with Crippen molar-refractivity contribution >= 4 is 29.1 Å². The van der Waals surface area contributed by atoms with Gasteiger partial charge in [-0.25, -0.2) is 0 Å². The van der Waals surface area contributed by atoms with E-state index in [0.717, 1.165) is 39.0 Å². The van der Waals surface area contributed by atoms with Crippen LogP contribution in [0.5, 0.6) is 0 Å². The van der Waals surface area contributed by atoms with Gasteiger partial charge in [-0.05, 0) is 37.8 Å². The van der Waals surface area contributed by atoms with Crippen LogP contribution in [0.25, 0.3) is 0 Å². The second-order valence-corrected chi connectivity index (χ2v) is 8.73. The van der Waals surface area contributed by atoms with Gasteiger partial charge in [0.25, 0.3) is 11.8 Å². The number of halogens is 1. The second kappa shape index (κ2) is 11.4. The Morgan fingerprint density at radius 2 is 1.54 bits per heavy atom. The van der Waals surface area contributed by atoms with Gasteiger partial charge in [0.05, 0.1) is 10.7 Å². The summed E-state index contributed by atoms with van der Waals surface area (Å²) in [5.74, 6) is 0.769. The zero-order valence-corrected chi connectivity index (χ0v) is 18.1. The molecule has 1 aromatic rings. The van der Waals surface area contributed by atoms with E-state index in [1.165, 1.54) is 9.80 Å². The lowest BCUT2D eigenvalue weighted by atomic mass is 10.0. The number of hydrogen-bond acceptors (Lipinski definition) is 2. The highest BCUT2D eigenvalue weighted by atomic mass is 35.5. The predicted molar refractivity (Wildman–Crippen MR) is 113 cm³/mol. The van der Waals surface area contributed by atoms with Gasteiger partial charge in [-0.2, -0.15) is 0 Å². The highest BCUT2D eigenvalue weighted by Gasteiger charge is 2.26. The molecule has 0 saturated carbocycles.